The summed E-state index contributed by atoms with van der Waals surface area (Å²) in [6.45, 7) is 0.459. The highest BCUT2D eigenvalue weighted by Crippen LogP contribution is 2.55. The maximum atomic E-state index is 10.1. The fourth-order valence-electron chi connectivity index (χ4n) is 4.76. The van der Waals surface area contributed by atoms with Gasteiger partial charge in [-0.25, -0.2) is 0 Å². The number of nitriles is 3. The van der Waals surface area contributed by atoms with E-state index in [1.807, 2.05) is 60.7 Å². The van der Waals surface area contributed by atoms with Gasteiger partial charge in [0.05, 0.1) is 23.4 Å². The van der Waals surface area contributed by atoms with Crippen LogP contribution in [0.5, 0.6) is 5.75 Å². The van der Waals surface area contributed by atoms with Gasteiger partial charge in [-0.2, -0.15) is 15.8 Å². The van der Waals surface area contributed by atoms with E-state index in [0.29, 0.717) is 17.9 Å². The van der Waals surface area contributed by atoms with E-state index in [4.69, 9.17) is 10.5 Å². The molecule has 0 unspecified atom stereocenters. The topological polar surface area (TPSA) is 107 Å². The molecule has 2 aliphatic rings. The van der Waals surface area contributed by atoms with E-state index in [0.717, 1.165) is 36.0 Å². The quantitative estimate of drug-likeness (QED) is 0.780. The summed E-state index contributed by atoms with van der Waals surface area (Å²) in [5, 5.41) is 29.8. The van der Waals surface area contributed by atoms with Crippen LogP contribution in [0.2, 0.25) is 0 Å². The molecule has 2 aliphatic carbocycles. The van der Waals surface area contributed by atoms with Crippen molar-refractivity contribution in [1.29, 1.82) is 15.8 Å². The number of rotatable bonds is 4. The van der Waals surface area contributed by atoms with Gasteiger partial charge in [0.2, 0.25) is 0 Å². The van der Waals surface area contributed by atoms with Crippen LogP contribution in [0.25, 0.3) is 0 Å². The molecule has 2 aromatic carbocycles. The average molecular weight is 406 g/mol. The van der Waals surface area contributed by atoms with E-state index in [9.17, 15) is 15.8 Å². The average Bonchev–Trinajstić information content (AvgIpc) is 2.83. The summed E-state index contributed by atoms with van der Waals surface area (Å²) in [4.78, 5) is 0. The molecule has 0 aromatic heterocycles. The van der Waals surface area contributed by atoms with Gasteiger partial charge in [-0.15, -0.1) is 0 Å². The summed E-state index contributed by atoms with van der Waals surface area (Å²) >= 11 is 0. The molecule has 0 bridgehead atoms. The number of hydrogen-bond donors (Lipinski definition) is 1. The Labute approximate surface area is 182 Å². The molecular formula is C26H22N4O. The van der Waals surface area contributed by atoms with E-state index in [-0.39, 0.29) is 11.6 Å². The molecule has 0 saturated carbocycles. The third-order valence-corrected chi connectivity index (χ3v) is 6.29. The molecule has 31 heavy (non-hydrogen) atoms. The first-order valence-corrected chi connectivity index (χ1v) is 10.3. The number of allylic oxidation sites excluding steroid dienone is 4. The van der Waals surface area contributed by atoms with Gasteiger partial charge in [-0.1, -0.05) is 48.5 Å². The molecule has 0 aliphatic heterocycles. The van der Waals surface area contributed by atoms with Crippen molar-refractivity contribution in [3.8, 4) is 24.0 Å². The summed E-state index contributed by atoms with van der Waals surface area (Å²) < 4.78 is 5.88. The molecule has 0 amide bonds. The predicted octanol–water partition coefficient (Wildman–Crippen LogP) is 4.86. The second-order valence-electron chi connectivity index (χ2n) is 7.95. The summed E-state index contributed by atoms with van der Waals surface area (Å²) in [5.74, 6) is 0.184. The number of nitrogens with two attached hydrogens (primary N) is 1. The largest absolute Gasteiger partial charge is 0.489 e. The molecular weight excluding hydrogens is 384 g/mol. The Bertz CT molecular complexity index is 1140. The molecule has 5 nitrogen and oxygen atoms in total. The molecule has 0 saturated heterocycles. The normalized spacial score (nSPS) is 21.6. The Morgan fingerprint density at radius 1 is 1.00 bits per heavy atom. The lowest BCUT2D eigenvalue weighted by Crippen LogP contribution is -2.42. The number of fused-ring (bicyclic) bond motifs is 1. The van der Waals surface area contributed by atoms with Crippen molar-refractivity contribution in [2.45, 2.75) is 31.8 Å². The van der Waals surface area contributed by atoms with Gasteiger partial charge in [0, 0.05) is 5.92 Å². The summed E-state index contributed by atoms with van der Waals surface area (Å²) in [6.07, 6.45) is 4.68. The van der Waals surface area contributed by atoms with Crippen LogP contribution < -0.4 is 10.5 Å². The summed E-state index contributed by atoms with van der Waals surface area (Å²) in [7, 11) is 0. The lowest BCUT2D eigenvalue weighted by atomic mass is 9.57. The van der Waals surface area contributed by atoms with Crippen molar-refractivity contribution < 1.29 is 4.74 Å². The maximum absolute atomic E-state index is 10.1. The lowest BCUT2D eigenvalue weighted by Gasteiger charge is -2.43. The smallest absolute Gasteiger partial charge is 0.191 e. The second kappa shape index (κ2) is 8.39. The molecule has 2 atom stereocenters. The van der Waals surface area contributed by atoms with Crippen LogP contribution in [-0.4, -0.2) is 0 Å². The first kappa shape index (κ1) is 20.3. The highest BCUT2D eigenvalue weighted by Gasteiger charge is 2.53. The van der Waals surface area contributed by atoms with Crippen LogP contribution in [-0.2, 0) is 6.61 Å². The standard InChI is InChI=1S/C26H22N4O/c27-14-23-21-8-4-5-9-22(21)24(26(16-28,17-29)25(23)30)19-10-12-20(13-11-19)31-15-18-6-2-1-3-7-18/h1-3,6-8,10-13,22,24H,4-5,9,15,30H2/t22-,24+/m0/s1. The Morgan fingerprint density at radius 2 is 1.71 bits per heavy atom. The minimum atomic E-state index is -1.57. The van der Waals surface area contributed by atoms with Gasteiger partial charge in [-0.05, 0) is 54.0 Å². The lowest BCUT2D eigenvalue weighted by molar-refractivity contribution is 0.303. The van der Waals surface area contributed by atoms with Crippen LogP contribution in [0.4, 0.5) is 0 Å². The zero-order valence-corrected chi connectivity index (χ0v) is 17.1. The first-order valence-electron chi connectivity index (χ1n) is 10.3. The van der Waals surface area contributed by atoms with E-state index < -0.39 is 11.3 Å². The molecule has 0 radical (unpaired) electrons. The highest BCUT2D eigenvalue weighted by atomic mass is 16.5. The Hall–Kier alpha value is -4.01. The van der Waals surface area contributed by atoms with Gasteiger partial charge in [0.1, 0.15) is 18.4 Å². The van der Waals surface area contributed by atoms with E-state index >= 15 is 0 Å². The minimum absolute atomic E-state index is 0.0683. The zero-order chi connectivity index (χ0) is 21.8. The van der Waals surface area contributed by atoms with Gasteiger partial charge in [0.15, 0.2) is 5.41 Å². The maximum Gasteiger partial charge on any atom is 0.191 e. The minimum Gasteiger partial charge on any atom is -0.489 e. The number of nitrogens with zero attached hydrogens (tertiary/aromatic N) is 3. The Morgan fingerprint density at radius 3 is 2.35 bits per heavy atom. The zero-order valence-electron chi connectivity index (χ0n) is 17.1. The second-order valence-corrected chi connectivity index (χ2v) is 7.95. The van der Waals surface area contributed by atoms with E-state index in [1.165, 1.54) is 0 Å². The Kier molecular flexibility index (Phi) is 5.48. The van der Waals surface area contributed by atoms with Crippen molar-refractivity contribution in [3.05, 3.63) is 88.6 Å². The predicted molar refractivity (Wildman–Crippen MR) is 116 cm³/mol. The molecule has 0 spiro atoms. The third kappa shape index (κ3) is 3.43. The first-order chi connectivity index (χ1) is 15.1. The number of ether oxygens (including phenoxy) is 1. The molecule has 2 N–H and O–H groups in total. The van der Waals surface area contributed by atoms with E-state index in [1.54, 1.807) is 0 Å². The number of hydrogen-bond acceptors (Lipinski definition) is 5. The molecule has 2 aromatic rings. The monoisotopic (exact) mass is 406 g/mol. The van der Waals surface area contributed by atoms with Crippen LogP contribution in [0.1, 0.15) is 36.3 Å². The molecule has 5 heteroatoms. The number of benzene rings is 2. The van der Waals surface area contributed by atoms with Crippen molar-refractivity contribution >= 4 is 0 Å². The SMILES string of the molecule is N#CC1=C(N)C(C#N)(C#N)[C@H](c2ccc(OCc3ccccc3)cc2)[C@H]2CCCC=C12. The molecule has 0 heterocycles. The fourth-order valence-corrected chi connectivity index (χ4v) is 4.76. The van der Waals surface area contributed by atoms with Gasteiger partial charge < -0.3 is 10.5 Å². The van der Waals surface area contributed by atoms with Crippen molar-refractivity contribution in [1.82, 2.24) is 0 Å². The molecule has 152 valence electrons. The summed E-state index contributed by atoms with van der Waals surface area (Å²) in [6, 6.07) is 23.9. The van der Waals surface area contributed by atoms with Crippen LogP contribution in [0.15, 0.2) is 77.5 Å². The third-order valence-electron chi connectivity index (χ3n) is 6.29. The van der Waals surface area contributed by atoms with Crippen LogP contribution in [0, 0.1) is 45.3 Å². The van der Waals surface area contributed by atoms with Gasteiger partial charge in [0.25, 0.3) is 0 Å². The highest BCUT2D eigenvalue weighted by molar-refractivity contribution is 5.59. The van der Waals surface area contributed by atoms with E-state index in [2.05, 4.69) is 18.2 Å². The van der Waals surface area contributed by atoms with Crippen LogP contribution >= 0.6 is 0 Å². The Balaban J connectivity index is 1.70. The van der Waals surface area contributed by atoms with Gasteiger partial charge >= 0.3 is 0 Å². The van der Waals surface area contributed by atoms with Gasteiger partial charge in [-0.3, -0.25) is 0 Å². The summed E-state index contributed by atoms with van der Waals surface area (Å²) in [5.41, 5.74) is 7.91. The van der Waals surface area contributed by atoms with Crippen molar-refractivity contribution in [3.63, 3.8) is 0 Å². The van der Waals surface area contributed by atoms with Crippen molar-refractivity contribution in [2.75, 3.05) is 0 Å². The molecule has 0 fully saturated rings. The molecule has 4 rings (SSSR count). The van der Waals surface area contributed by atoms with Crippen LogP contribution in [0.3, 0.4) is 0 Å². The fraction of sp³-hybridized carbons (Fsp3) is 0.269. The van der Waals surface area contributed by atoms with Crippen molar-refractivity contribution in [2.24, 2.45) is 17.1 Å².